The van der Waals surface area contributed by atoms with E-state index in [0.717, 1.165) is 38.3 Å². The Labute approximate surface area is 129 Å². The summed E-state index contributed by atoms with van der Waals surface area (Å²) in [5.41, 5.74) is 1.20. The Kier molecular flexibility index (Phi) is 3.78. The van der Waals surface area contributed by atoms with E-state index in [4.69, 9.17) is 14.0 Å². The summed E-state index contributed by atoms with van der Waals surface area (Å²) in [6.45, 7) is 3.79. The number of hydrogen-bond acceptors (Lipinski definition) is 6. The second-order valence-electron chi connectivity index (χ2n) is 5.72. The average Bonchev–Trinajstić information content (AvgIpc) is 3.16. The van der Waals surface area contributed by atoms with Crippen LogP contribution in [0.4, 0.5) is 0 Å². The lowest BCUT2D eigenvalue weighted by atomic mass is 10.2. The van der Waals surface area contributed by atoms with Crippen LogP contribution in [0.15, 0.2) is 28.8 Å². The fourth-order valence-corrected chi connectivity index (χ4v) is 2.95. The van der Waals surface area contributed by atoms with Crippen molar-refractivity contribution in [2.45, 2.75) is 32.0 Å². The molecule has 6 nitrogen and oxygen atoms in total. The van der Waals surface area contributed by atoms with Crippen molar-refractivity contribution in [2.24, 2.45) is 0 Å². The highest BCUT2D eigenvalue weighted by Crippen LogP contribution is 2.27. The summed E-state index contributed by atoms with van der Waals surface area (Å²) in [6.07, 6.45) is 2.00. The van der Waals surface area contributed by atoms with E-state index in [1.165, 1.54) is 5.56 Å². The van der Waals surface area contributed by atoms with Gasteiger partial charge in [0.2, 0.25) is 0 Å². The number of para-hydroxylation sites is 1. The first kappa shape index (κ1) is 13.7. The van der Waals surface area contributed by atoms with Gasteiger partial charge in [0.15, 0.2) is 5.82 Å². The first-order chi connectivity index (χ1) is 10.9. The van der Waals surface area contributed by atoms with Crippen molar-refractivity contribution < 1.29 is 14.0 Å². The van der Waals surface area contributed by atoms with Gasteiger partial charge in [0.1, 0.15) is 18.5 Å². The van der Waals surface area contributed by atoms with Crippen molar-refractivity contribution in [3.8, 4) is 5.75 Å². The van der Waals surface area contributed by atoms with Gasteiger partial charge in [0.25, 0.3) is 5.89 Å². The molecule has 0 amide bonds. The predicted molar refractivity (Wildman–Crippen MR) is 78.3 cm³/mol. The molecule has 22 heavy (non-hydrogen) atoms. The van der Waals surface area contributed by atoms with Crippen LogP contribution in [0.1, 0.15) is 36.2 Å². The van der Waals surface area contributed by atoms with Crippen LogP contribution in [-0.4, -0.2) is 34.8 Å². The number of benzene rings is 1. The van der Waals surface area contributed by atoms with Crippen LogP contribution in [0.2, 0.25) is 0 Å². The van der Waals surface area contributed by atoms with Gasteiger partial charge in [-0.25, -0.2) is 0 Å². The summed E-state index contributed by atoms with van der Waals surface area (Å²) >= 11 is 0. The van der Waals surface area contributed by atoms with Gasteiger partial charge >= 0.3 is 0 Å². The normalized spacial score (nSPS) is 22.1. The summed E-state index contributed by atoms with van der Waals surface area (Å²) in [4.78, 5) is 6.76. The van der Waals surface area contributed by atoms with Crippen LogP contribution in [0, 0.1) is 0 Å². The molecule has 4 rings (SSSR count). The Bertz CT molecular complexity index is 637. The van der Waals surface area contributed by atoms with Crippen LogP contribution in [0.3, 0.4) is 0 Å². The monoisotopic (exact) mass is 301 g/mol. The van der Waals surface area contributed by atoms with Crippen molar-refractivity contribution in [1.29, 1.82) is 0 Å². The molecule has 1 fully saturated rings. The molecule has 0 saturated carbocycles. The predicted octanol–water partition coefficient (Wildman–Crippen LogP) is 2.32. The molecular formula is C16H19N3O3. The van der Waals surface area contributed by atoms with Gasteiger partial charge in [-0.15, -0.1) is 0 Å². The molecule has 6 heteroatoms. The molecule has 1 saturated heterocycles. The van der Waals surface area contributed by atoms with E-state index in [1.807, 2.05) is 18.2 Å². The molecule has 1 atom stereocenters. The molecule has 2 aliphatic rings. The summed E-state index contributed by atoms with van der Waals surface area (Å²) in [6, 6.07) is 8.15. The Morgan fingerprint density at radius 1 is 1.23 bits per heavy atom. The van der Waals surface area contributed by atoms with E-state index < -0.39 is 0 Å². The van der Waals surface area contributed by atoms with Crippen molar-refractivity contribution >= 4 is 0 Å². The van der Waals surface area contributed by atoms with Crippen molar-refractivity contribution in [2.75, 3.05) is 19.8 Å². The molecule has 116 valence electrons. The van der Waals surface area contributed by atoms with Crippen LogP contribution < -0.4 is 4.74 Å². The third-order valence-corrected chi connectivity index (χ3v) is 4.09. The standard InChI is InChI=1S/C16H19N3O3/c1-2-5-13-12(4-1)10-19(7-9-21-13)11-15-17-16(22-18-15)14-6-3-8-20-14/h1-2,4-5,14H,3,6-11H2. The molecule has 1 aromatic carbocycles. The zero-order chi connectivity index (χ0) is 14.8. The lowest BCUT2D eigenvalue weighted by molar-refractivity contribution is 0.0835. The molecule has 0 bridgehead atoms. The highest BCUT2D eigenvalue weighted by Gasteiger charge is 2.24. The molecule has 0 aliphatic carbocycles. The second kappa shape index (κ2) is 6.06. The Morgan fingerprint density at radius 3 is 3.09 bits per heavy atom. The van der Waals surface area contributed by atoms with Crippen molar-refractivity contribution in [1.82, 2.24) is 15.0 Å². The van der Waals surface area contributed by atoms with E-state index in [2.05, 4.69) is 21.1 Å². The summed E-state index contributed by atoms with van der Waals surface area (Å²) in [5.74, 6) is 2.29. The molecule has 3 heterocycles. The largest absolute Gasteiger partial charge is 0.492 e. The summed E-state index contributed by atoms with van der Waals surface area (Å²) < 4.78 is 16.7. The average molecular weight is 301 g/mol. The van der Waals surface area contributed by atoms with Gasteiger partial charge in [0.05, 0.1) is 6.54 Å². The zero-order valence-corrected chi connectivity index (χ0v) is 12.4. The van der Waals surface area contributed by atoms with Crippen LogP contribution in [0.5, 0.6) is 5.75 Å². The minimum atomic E-state index is -0.0190. The van der Waals surface area contributed by atoms with E-state index >= 15 is 0 Å². The maximum atomic E-state index is 5.78. The maximum absolute atomic E-state index is 5.78. The van der Waals surface area contributed by atoms with Gasteiger partial charge in [-0.1, -0.05) is 23.4 Å². The van der Waals surface area contributed by atoms with Gasteiger partial charge in [-0.05, 0) is 18.9 Å². The van der Waals surface area contributed by atoms with Gasteiger partial charge < -0.3 is 14.0 Å². The molecular weight excluding hydrogens is 282 g/mol. The highest BCUT2D eigenvalue weighted by atomic mass is 16.5. The quantitative estimate of drug-likeness (QED) is 0.867. The third-order valence-electron chi connectivity index (χ3n) is 4.09. The first-order valence-corrected chi connectivity index (χ1v) is 7.75. The number of fused-ring (bicyclic) bond motifs is 1. The number of ether oxygens (including phenoxy) is 2. The number of hydrogen-bond donors (Lipinski definition) is 0. The molecule has 0 radical (unpaired) electrons. The van der Waals surface area contributed by atoms with E-state index in [0.29, 0.717) is 24.9 Å². The zero-order valence-electron chi connectivity index (χ0n) is 12.4. The summed E-state index contributed by atoms with van der Waals surface area (Å²) in [7, 11) is 0. The van der Waals surface area contributed by atoms with Crippen LogP contribution >= 0.6 is 0 Å². The second-order valence-corrected chi connectivity index (χ2v) is 5.72. The molecule has 2 aliphatic heterocycles. The molecule has 1 aromatic heterocycles. The van der Waals surface area contributed by atoms with Crippen molar-refractivity contribution in [3.63, 3.8) is 0 Å². The van der Waals surface area contributed by atoms with E-state index in [1.54, 1.807) is 0 Å². The number of rotatable bonds is 3. The summed E-state index contributed by atoms with van der Waals surface area (Å²) in [5, 5.41) is 4.09. The Balaban J connectivity index is 1.45. The van der Waals surface area contributed by atoms with E-state index in [9.17, 15) is 0 Å². The third kappa shape index (κ3) is 2.84. The lowest BCUT2D eigenvalue weighted by Gasteiger charge is -2.16. The van der Waals surface area contributed by atoms with E-state index in [-0.39, 0.29) is 6.10 Å². The minimum absolute atomic E-state index is 0.0190. The first-order valence-electron chi connectivity index (χ1n) is 7.75. The molecule has 0 N–H and O–H groups in total. The van der Waals surface area contributed by atoms with Crippen LogP contribution in [0.25, 0.3) is 0 Å². The Hall–Kier alpha value is -1.92. The van der Waals surface area contributed by atoms with Gasteiger partial charge in [-0.2, -0.15) is 4.98 Å². The topological polar surface area (TPSA) is 60.6 Å². The molecule has 0 spiro atoms. The lowest BCUT2D eigenvalue weighted by Crippen LogP contribution is -2.25. The Morgan fingerprint density at radius 2 is 2.18 bits per heavy atom. The van der Waals surface area contributed by atoms with Crippen molar-refractivity contribution in [3.05, 3.63) is 41.5 Å². The number of nitrogens with zero attached hydrogens (tertiary/aromatic N) is 3. The van der Waals surface area contributed by atoms with Crippen LogP contribution in [-0.2, 0) is 17.8 Å². The fourth-order valence-electron chi connectivity index (χ4n) is 2.95. The smallest absolute Gasteiger partial charge is 0.255 e. The van der Waals surface area contributed by atoms with Gasteiger partial charge in [0, 0.05) is 25.3 Å². The molecule has 2 aromatic rings. The number of aromatic nitrogens is 2. The minimum Gasteiger partial charge on any atom is -0.492 e. The maximum Gasteiger partial charge on any atom is 0.255 e. The fraction of sp³-hybridized carbons (Fsp3) is 0.500. The highest BCUT2D eigenvalue weighted by molar-refractivity contribution is 5.33. The SMILES string of the molecule is c1ccc2c(c1)CN(Cc1noc(C3CCCO3)n1)CCO2. The van der Waals surface area contributed by atoms with Gasteiger partial charge in [-0.3, -0.25) is 4.90 Å². The molecule has 1 unspecified atom stereocenters.